The zero-order chi connectivity index (χ0) is 41.4. The number of ether oxygens (including phenoxy) is 3. The molecular weight excluding hydrogens is 703 g/mol. The molecule has 0 aromatic carbocycles. The molecule has 0 rings (SSSR count). The summed E-state index contributed by atoms with van der Waals surface area (Å²) in [5.41, 5.74) is 0. The lowest BCUT2D eigenvalue weighted by atomic mass is 10.1. The van der Waals surface area contributed by atoms with Crippen molar-refractivity contribution in [3.05, 3.63) is 85.1 Å². The molecule has 0 spiro atoms. The SMILES string of the molecule is CC/C=C/C=C/C=C/CCCCCCCCCC(=O)OC(COCCC(C(=O)O)[N+](C)(C)C)COC(=O)CCC/C=C/C/C=C/C/C=C/C/C=C/CCCCC. The maximum absolute atomic E-state index is 12.7. The predicted molar refractivity (Wildman–Crippen MR) is 233 cm³/mol. The highest BCUT2D eigenvalue weighted by atomic mass is 16.6. The highest BCUT2D eigenvalue weighted by Crippen LogP contribution is 2.13. The van der Waals surface area contributed by atoms with Crippen LogP contribution in [-0.4, -0.2) is 80.6 Å². The van der Waals surface area contributed by atoms with Gasteiger partial charge in [0.15, 0.2) is 12.1 Å². The van der Waals surface area contributed by atoms with Crippen LogP contribution in [0.2, 0.25) is 0 Å². The lowest BCUT2D eigenvalue weighted by molar-refractivity contribution is -0.887. The average Bonchev–Trinajstić information content (AvgIpc) is 3.15. The van der Waals surface area contributed by atoms with Gasteiger partial charge in [-0.05, 0) is 70.6 Å². The lowest BCUT2D eigenvalue weighted by Crippen LogP contribution is -2.50. The molecule has 2 unspecified atom stereocenters. The second kappa shape index (κ2) is 38.4. The van der Waals surface area contributed by atoms with E-state index in [4.69, 9.17) is 14.2 Å². The summed E-state index contributed by atoms with van der Waals surface area (Å²) in [7, 11) is 5.49. The van der Waals surface area contributed by atoms with Gasteiger partial charge in [-0.3, -0.25) is 9.59 Å². The minimum atomic E-state index is -0.888. The fourth-order valence-corrected chi connectivity index (χ4v) is 5.73. The van der Waals surface area contributed by atoms with Gasteiger partial charge in [-0.25, -0.2) is 4.79 Å². The lowest BCUT2D eigenvalue weighted by Gasteiger charge is -2.31. The van der Waals surface area contributed by atoms with Crippen molar-refractivity contribution >= 4 is 17.9 Å². The molecule has 0 amide bonds. The Kier molecular flexibility index (Phi) is 36.0. The molecule has 2 atom stereocenters. The number of likely N-dealkylation sites (N-methyl/N-ethyl adjacent to an activating group) is 1. The summed E-state index contributed by atoms with van der Waals surface area (Å²) in [4.78, 5) is 36.9. The van der Waals surface area contributed by atoms with Crippen LogP contribution in [0.15, 0.2) is 85.1 Å². The zero-order valence-corrected chi connectivity index (χ0v) is 36.1. The van der Waals surface area contributed by atoms with Crippen LogP contribution in [0.3, 0.4) is 0 Å². The van der Waals surface area contributed by atoms with Gasteiger partial charge < -0.3 is 23.8 Å². The number of carboxylic acid groups (broad SMARTS) is 1. The van der Waals surface area contributed by atoms with Crippen LogP contribution in [0.5, 0.6) is 0 Å². The van der Waals surface area contributed by atoms with Crippen LogP contribution in [0.25, 0.3) is 0 Å². The summed E-state index contributed by atoms with van der Waals surface area (Å²) in [6.07, 6.45) is 49.1. The van der Waals surface area contributed by atoms with Crippen LogP contribution in [0.1, 0.15) is 149 Å². The predicted octanol–water partition coefficient (Wildman–Crippen LogP) is 11.7. The van der Waals surface area contributed by atoms with E-state index in [1.54, 1.807) is 0 Å². The number of hydrogen-bond donors (Lipinski definition) is 1. The van der Waals surface area contributed by atoms with Crippen molar-refractivity contribution in [2.75, 3.05) is 41.0 Å². The summed E-state index contributed by atoms with van der Waals surface area (Å²) in [5.74, 6) is -1.57. The standard InChI is InChI=1S/C48H79NO7/c1-6-8-10-12-14-16-18-20-22-23-25-26-28-30-32-34-36-38-46(50)55-43-44(42-54-41-40-45(48(52)53)49(3,4)5)56-47(51)39-37-35-33-31-29-27-24-21-19-17-15-13-11-9-7-2/h9,11,13-17,19-20,22,25-26,30,32,44-45H,6-8,10,12,18,21,23-24,27-29,31,33-43H2,1-5H3/p+1/b11-9+,15-13+,16-14+,19-17+,22-20+,26-25+,32-30+. The van der Waals surface area contributed by atoms with E-state index >= 15 is 0 Å². The Morgan fingerprint density at radius 3 is 1.68 bits per heavy atom. The Balaban J connectivity index is 4.48. The summed E-state index contributed by atoms with van der Waals surface area (Å²) < 4.78 is 17.2. The fourth-order valence-electron chi connectivity index (χ4n) is 5.73. The van der Waals surface area contributed by atoms with Crippen LogP contribution in [0.4, 0.5) is 0 Å². The van der Waals surface area contributed by atoms with E-state index in [0.29, 0.717) is 19.3 Å². The molecule has 56 heavy (non-hydrogen) atoms. The molecule has 0 fully saturated rings. The maximum Gasteiger partial charge on any atom is 0.362 e. The van der Waals surface area contributed by atoms with E-state index in [0.717, 1.165) is 64.2 Å². The molecular formula is C48H80NO7+. The Bertz CT molecular complexity index is 1190. The molecule has 8 nitrogen and oxygen atoms in total. The van der Waals surface area contributed by atoms with Crippen LogP contribution >= 0.6 is 0 Å². The number of carbonyl (C=O) groups excluding carboxylic acids is 2. The number of aliphatic carboxylic acids is 1. The number of hydrogen-bond acceptors (Lipinski definition) is 6. The van der Waals surface area contributed by atoms with Crippen LogP contribution in [0, 0.1) is 0 Å². The topological polar surface area (TPSA) is 99.1 Å². The summed E-state index contributed by atoms with van der Waals surface area (Å²) >= 11 is 0. The van der Waals surface area contributed by atoms with Gasteiger partial charge in [0, 0.05) is 19.3 Å². The van der Waals surface area contributed by atoms with E-state index in [9.17, 15) is 19.5 Å². The van der Waals surface area contributed by atoms with Crippen molar-refractivity contribution in [3.8, 4) is 0 Å². The molecule has 318 valence electrons. The maximum atomic E-state index is 12.7. The van der Waals surface area contributed by atoms with Crippen molar-refractivity contribution in [3.63, 3.8) is 0 Å². The minimum absolute atomic E-state index is 0.0338. The van der Waals surface area contributed by atoms with Crippen molar-refractivity contribution in [1.82, 2.24) is 0 Å². The highest BCUT2D eigenvalue weighted by molar-refractivity contribution is 5.72. The van der Waals surface area contributed by atoms with Crippen LogP contribution < -0.4 is 0 Å². The number of unbranched alkanes of at least 4 members (excludes halogenated alkanes) is 11. The molecule has 0 aromatic heterocycles. The third-order valence-electron chi connectivity index (χ3n) is 9.09. The zero-order valence-electron chi connectivity index (χ0n) is 36.1. The molecule has 1 N–H and O–H groups in total. The first kappa shape index (κ1) is 52.5. The van der Waals surface area contributed by atoms with Gasteiger partial charge in [0.05, 0.1) is 34.4 Å². The van der Waals surface area contributed by atoms with E-state index in [1.807, 2.05) is 21.1 Å². The van der Waals surface area contributed by atoms with Gasteiger partial charge >= 0.3 is 17.9 Å². The summed E-state index contributed by atoms with van der Waals surface area (Å²) in [5, 5.41) is 9.61. The van der Waals surface area contributed by atoms with Crippen molar-refractivity contribution in [2.45, 2.75) is 161 Å². The molecule has 0 saturated carbocycles. The van der Waals surface area contributed by atoms with Gasteiger partial charge in [0.1, 0.15) is 6.61 Å². The molecule has 0 heterocycles. The second-order valence-corrected chi connectivity index (χ2v) is 15.3. The molecule has 0 radical (unpaired) electrons. The number of allylic oxidation sites excluding steroid dienone is 14. The number of esters is 2. The normalized spacial score (nSPS) is 13.8. The molecule has 0 aliphatic heterocycles. The van der Waals surface area contributed by atoms with Gasteiger partial charge in [-0.2, -0.15) is 0 Å². The summed E-state index contributed by atoms with van der Waals surface area (Å²) in [6.45, 7) is 4.48. The number of rotatable bonds is 37. The number of carbonyl (C=O) groups is 3. The first-order valence-corrected chi connectivity index (χ1v) is 21.7. The molecule has 0 aromatic rings. The van der Waals surface area contributed by atoms with Crippen molar-refractivity contribution in [2.24, 2.45) is 0 Å². The smallest absolute Gasteiger partial charge is 0.362 e. The number of carboxylic acids is 1. The molecule has 0 bridgehead atoms. The van der Waals surface area contributed by atoms with E-state index in [-0.39, 0.29) is 42.7 Å². The largest absolute Gasteiger partial charge is 0.477 e. The second-order valence-electron chi connectivity index (χ2n) is 15.3. The van der Waals surface area contributed by atoms with Crippen molar-refractivity contribution in [1.29, 1.82) is 0 Å². The molecule has 0 saturated heterocycles. The Labute approximate surface area is 342 Å². The Hall–Kier alpha value is -3.49. The minimum Gasteiger partial charge on any atom is -0.477 e. The van der Waals surface area contributed by atoms with Crippen LogP contribution in [-0.2, 0) is 28.6 Å². The van der Waals surface area contributed by atoms with Gasteiger partial charge in [-0.15, -0.1) is 0 Å². The van der Waals surface area contributed by atoms with Crippen molar-refractivity contribution < 1.29 is 38.2 Å². The number of nitrogens with zero attached hydrogens (tertiary/aromatic N) is 1. The fraction of sp³-hybridized carbons (Fsp3) is 0.646. The average molecular weight is 783 g/mol. The molecule has 8 heteroatoms. The molecule has 0 aliphatic carbocycles. The first-order valence-electron chi connectivity index (χ1n) is 21.7. The monoisotopic (exact) mass is 783 g/mol. The Morgan fingerprint density at radius 1 is 0.571 bits per heavy atom. The van der Waals surface area contributed by atoms with E-state index in [2.05, 4.69) is 98.9 Å². The van der Waals surface area contributed by atoms with Gasteiger partial charge in [0.2, 0.25) is 0 Å². The first-order chi connectivity index (χ1) is 27.1. The molecule has 0 aliphatic rings. The summed E-state index contributed by atoms with van der Waals surface area (Å²) in [6, 6.07) is -0.629. The van der Waals surface area contributed by atoms with Gasteiger partial charge in [-0.1, -0.05) is 144 Å². The van der Waals surface area contributed by atoms with Gasteiger partial charge in [0.25, 0.3) is 0 Å². The Morgan fingerprint density at radius 2 is 1.09 bits per heavy atom. The number of quaternary nitrogens is 1. The third kappa shape index (κ3) is 36.2. The highest BCUT2D eigenvalue weighted by Gasteiger charge is 2.31. The van der Waals surface area contributed by atoms with E-state index < -0.39 is 18.1 Å². The quantitative estimate of drug-likeness (QED) is 0.0220. The third-order valence-corrected chi connectivity index (χ3v) is 9.09. The van der Waals surface area contributed by atoms with E-state index in [1.165, 1.54) is 44.9 Å².